The van der Waals surface area contributed by atoms with Gasteiger partial charge >= 0.3 is 5.97 Å². The first-order valence-corrected chi connectivity index (χ1v) is 7.06. The molecule has 0 bridgehead atoms. The van der Waals surface area contributed by atoms with Gasteiger partial charge in [0.2, 0.25) is 0 Å². The predicted octanol–water partition coefficient (Wildman–Crippen LogP) is 1.57. The Labute approximate surface area is 118 Å². The zero-order chi connectivity index (χ0) is 14.4. The number of likely N-dealkylation sites (tertiary alicyclic amines) is 1. The lowest BCUT2D eigenvalue weighted by atomic mass is 10.1. The van der Waals surface area contributed by atoms with E-state index in [1.807, 2.05) is 0 Å². The van der Waals surface area contributed by atoms with Gasteiger partial charge in [-0.05, 0) is 25.8 Å². The molecule has 6 nitrogen and oxygen atoms in total. The summed E-state index contributed by atoms with van der Waals surface area (Å²) >= 11 is 0. The van der Waals surface area contributed by atoms with Crippen molar-refractivity contribution in [2.24, 2.45) is 0 Å². The van der Waals surface area contributed by atoms with Crippen LogP contribution in [-0.4, -0.2) is 51.7 Å². The van der Waals surface area contributed by atoms with Crippen LogP contribution in [-0.2, 0) is 11.3 Å². The Morgan fingerprint density at radius 1 is 1.60 bits per heavy atom. The summed E-state index contributed by atoms with van der Waals surface area (Å²) in [6.07, 6.45) is 6.18. The maximum atomic E-state index is 11.1. The number of hydrogen-bond donors (Lipinski definition) is 1. The quantitative estimate of drug-likeness (QED) is 0.851. The molecule has 0 spiro atoms. The van der Waals surface area contributed by atoms with Gasteiger partial charge in [-0.25, -0.2) is 14.8 Å². The SMILES string of the molecule is CCCOC1CCCN(Cc2ncncc2C(=O)O)C1. The van der Waals surface area contributed by atoms with Gasteiger partial charge in [-0.3, -0.25) is 4.90 Å². The van der Waals surface area contributed by atoms with E-state index in [9.17, 15) is 4.79 Å². The Morgan fingerprint density at radius 2 is 2.45 bits per heavy atom. The number of ether oxygens (including phenoxy) is 1. The number of carboxylic acid groups (broad SMARTS) is 1. The molecule has 1 atom stereocenters. The van der Waals surface area contributed by atoms with Gasteiger partial charge in [0.1, 0.15) is 11.9 Å². The lowest BCUT2D eigenvalue weighted by molar-refractivity contribution is -0.00260. The fourth-order valence-corrected chi connectivity index (χ4v) is 2.45. The molecule has 0 aliphatic carbocycles. The smallest absolute Gasteiger partial charge is 0.339 e. The van der Waals surface area contributed by atoms with Crippen LogP contribution in [0.1, 0.15) is 42.2 Å². The van der Waals surface area contributed by atoms with Crippen LogP contribution < -0.4 is 0 Å². The second-order valence-electron chi connectivity index (χ2n) is 5.06. The molecule has 1 aromatic heterocycles. The Morgan fingerprint density at radius 3 is 3.20 bits per heavy atom. The third-order valence-corrected chi connectivity index (χ3v) is 3.42. The molecule has 1 saturated heterocycles. The molecule has 2 heterocycles. The van der Waals surface area contributed by atoms with E-state index in [1.54, 1.807) is 0 Å². The van der Waals surface area contributed by atoms with Crippen molar-refractivity contribution >= 4 is 5.97 Å². The minimum absolute atomic E-state index is 0.184. The molecule has 1 unspecified atom stereocenters. The highest BCUT2D eigenvalue weighted by molar-refractivity contribution is 5.88. The normalized spacial score (nSPS) is 19.9. The molecule has 110 valence electrons. The molecule has 0 aromatic carbocycles. The number of nitrogens with zero attached hydrogens (tertiary/aromatic N) is 3. The highest BCUT2D eigenvalue weighted by Gasteiger charge is 2.22. The van der Waals surface area contributed by atoms with Gasteiger partial charge in [0.25, 0.3) is 0 Å². The summed E-state index contributed by atoms with van der Waals surface area (Å²) in [6.45, 7) is 5.21. The third kappa shape index (κ3) is 3.98. The minimum Gasteiger partial charge on any atom is -0.478 e. The van der Waals surface area contributed by atoms with Crippen LogP contribution in [0, 0.1) is 0 Å². The van der Waals surface area contributed by atoms with Gasteiger partial charge in [-0.2, -0.15) is 0 Å². The second-order valence-corrected chi connectivity index (χ2v) is 5.06. The van der Waals surface area contributed by atoms with E-state index in [-0.39, 0.29) is 11.7 Å². The Hall–Kier alpha value is -1.53. The Balaban J connectivity index is 1.97. The van der Waals surface area contributed by atoms with Crippen molar-refractivity contribution in [3.05, 3.63) is 23.8 Å². The largest absolute Gasteiger partial charge is 0.478 e. The topological polar surface area (TPSA) is 75.5 Å². The lowest BCUT2D eigenvalue weighted by Crippen LogP contribution is -2.39. The summed E-state index contributed by atoms with van der Waals surface area (Å²) < 4.78 is 5.79. The van der Waals surface area contributed by atoms with Crippen molar-refractivity contribution in [3.63, 3.8) is 0 Å². The molecule has 1 N–H and O–H groups in total. The summed E-state index contributed by atoms with van der Waals surface area (Å²) in [5.41, 5.74) is 0.757. The van der Waals surface area contributed by atoms with Crippen molar-refractivity contribution in [2.45, 2.75) is 38.8 Å². The maximum absolute atomic E-state index is 11.1. The van der Waals surface area contributed by atoms with Crippen molar-refractivity contribution < 1.29 is 14.6 Å². The summed E-state index contributed by atoms with van der Waals surface area (Å²) in [6, 6.07) is 0. The second kappa shape index (κ2) is 7.31. The number of carboxylic acids is 1. The fourth-order valence-electron chi connectivity index (χ4n) is 2.45. The summed E-state index contributed by atoms with van der Waals surface area (Å²) in [7, 11) is 0. The van der Waals surface area contributed by atoms with E-state index in [0.717, 1.165) is 39.0 Å². The molecule has 6 heteroatoms. The van der Waals surface area contributed by atoms with Crippen LogP contribution in [0.5, 0.6) is 0 Å². The lowest BCUT2D eigenvalue weighted by Gasteiger charge is -2.32. The van der Waals surface area contributed by atoms with Crippen LogP contribution in [0.3, 0.4) is 0 Å². The first kappa shape index (κ1) is 14.9. The van der Waals surface area contributed by atoms with E-state index < -0.39 is 5.97 Å². The monoisotopic (exact) mass is 279 g/mol. The number of carbonyl (C=O) groups is 1. The van der Waals surface area contributed by atoms with E-state index in [1.165, 1.54) is 12.5 Å². The van der Waals surface area contributed by atoms with E-state index in [4.69, 9.17) is 9.84 Å². The highest BCUT2D eigenvalue weighted by atomic mass is 16.5. The Kier molecular flexibility index (Phi) is 5.43. The van der Waals surface area contributed by atoms with E-state index >= 15 is 0 Å². The molecular weight excluding hydrogens is 258 g/mol. The van der Waals surface area contributed by atoms with Crippen LogP contribution in [0.25, 0.3) is 0 Å². The summed E-state index contributed by atoms with van der Waals surface area (Å²) in [5, 5.41) is 9.14. The average molecular weight is 279 g/mol. The van der Waals surface area contributed by atoms with Gasteiger partial charge in [0.15, 0.2) is 0 Å². The predicted molar refractivity (Wildman–Crippen MR) is 73.5 cm³/mol. The van der Waals surface area contributed by atoms with Crippen molar-refractivity contribution in [1.82, 2.24) is 14.9 Å². The molecule has 20 heavy (non-hydrogen) atoms. The first-order chi connectivity index (χ1) is 9.70. The molecule has 1 aliphatic rings. The molecule has 2 rings (SSSR count). The Bertz CT molecular complexity index is 453. The molecule has 0 amide bonds. The van der Waals surface area contributed by atoms with Gasteiger partial charge in [0.05, 0.1) is 11.8 Å². The van der Waals surface area contributed by atoms with Crippen molar-refractivity contribution in [3.8, 4) is 0 Å². The van der Waals surface area contributed by atoms with E-state index in [2.05, 4.69) is 21.8 Å². The molecule has 0 radical (unpaired) electrons. The van der Waals surface area contributed by atoms with Crippen molar-refractivity contribution in [1.29, 1.82) is 0 Å². The first-order valence-electron chi connectivity index (χ1n) is 7.06. The standard InChI is InChI=1S/C14H21N3O3/c1-2-6-20-11-4-3-5-17(8-11)9-13-12(14(18)19)7-15-10-16-13/h7,10-11H,2-6,8-9H2,1H3,(H,18,19). The number of piperidine rings is 1. The van der Waals surface area contributed by atoms with Gasteiger partial charge in [-0.1, -0.05) is 6.92 Å². The van der Waals surface area contributed by atoms with Crippen molar-refractivity contribution in [2.75, 3.05) is 19.7 Å². The van der Waals surface area contributed by atoms with Crippen LogP contribution in [0.15, 0.2) is 12.5 Å². The molecule has 1 fully saturated rings. The number of hydrogen-bond acceptors (Lipinski definition) is 5. The minimum atomic E-state index is -0.976. The van der Waals surface area contributed by atoms with E-state index in [0.29, 0.717) is 12.2 Å². The number of rotatable bonds is 6. The zero-order valence-electron chi connectivity index (χ0n) is 11.8. The highest BCUT2D eigenvalue weighted by Crippen LogP contribution is 2.16. The fraction of sp³-hybridized carbons (Fsp3) is 0.643. The van der Waals surface area contributed by atoms with Gasteiger partial charge in [0, 0.05) is 25.9 Å². The maximum Gasteiger partial charge on any atom is 0.339 e. The molecule has 0 saturated carbocycles. The summed E-state index contributed by atoms with van der Waals surface area (Å²) in [5.74, 6) is -0.976. The summed E-state index contributed by atoms with van der Waals surface area (Å²) in [4.78, 5) is 21.2. The molecular formula is C14H21N3O3. The average Bonchev–Trinajstić information content (AvgIpc) is 2.46. The third-order valence-electron chi connectivity index (χ3n) is 3.42. The van der Waals surface area contributed by atoms with Crippen LogP contribution in [0.2, 0.25) is 0 Å². The number of aromatic carboxylic acids is 1. The van der Waals surface area contributed by atoms with Gasteiger partial charge in [-0.15, -0.1) is 0 Å². The van der Waals surface area contributed by atoms with Gasteiger partial charge < -0.3 is 9.84 Å². The molecule has 1 aromatic rings. The zero-order valence-corrected chi connectivity index (χ0v) is 11.8. The van der Waals surface area contributed by atoms with Crippen LogP contribution in [0.4, 0.5) is 0 Å². The van der Waals surface area contributed by atoms with Crippen LogP contribution >= 0.6 is 0 Å². The number of aromatic nitrogens is 2. The molecule has 1 aliphatic heterocycles.